The Bertz CT molecular complexity index is 1090. The van der Waals surface area contributed by atoms with E-state index in [1.165, 1.54) is 30.7 Å². The molecule has 0 aliphatic rings. The van der Waals surface area contributed by atoms with Gasteiger partial charge in [-0.05, 0) is 63.9 Å². The van der Waals surface area contributed by atoms with Crippen molar-refractivity contribution in [1.82, 2.24) is 8.87 Å². The van der Waals surface area contributed by atoms with Crippen LogP contribution in [0.15, 0.2) is 29.2 Å². The summed E-state index contributed by atoms with van der Waals surface area (Å²) < 4.78 is 39.8. The summed E-state index contributed by atoms with van der Waals surface area (Å²) in [4.78, 5) is 26.0. The first-order chi connectivity index (χ1) is 15.1. The molecule has 1 atom stereocenters. The zero-order valence-electron chi connectivity index (χ0n) is 19.8. The minimum Gasteiger partial charge on any atom is -0.497 e. The summed E-state index contributed by atoms with van der Waals surface area (Å²) in [5.74, 6) is -0.351. The van der Waals surface area contributed by atoms with Crippen LogP contribution in [0.4, 0.5) is 0 Å². The first kappa shape index (κ1) is 25.6. The first-order valence-electron chi connectivity index (χ1n) is 10.5. The number of carbonyl (C=O) groups is 2. The van der Waals surface area contributed by atoms with Crippen molar-refractivity contribution in [3.63, 3.8) is 0 Å². The molecule has 0 aliphatic heterocycles. The zero-order chi connectivity index (χ0) is 24.2. The van der Waals surface area contributed by atoms with Crippen molar-refractivity contribution in [3.05, 3.63) is 46.8 Å². The van der Waals surface area contributed by atoms with Crippen LogP contribution in [0, 0.1) is 13.8 Å². The highest BCUT2D eigenvalue weighted by atomic mass is 32.2. The van der Waals surface area contributed by atoms with Crippen molar-refractivity contribution in [2.24, 2.45) is 0 Å². The third-order valence-corrected chi connectivity index (χ3v) is 7.61. The van der Waals surface area contributed by atoms with Gasteiger partial charge in [0.05, 0.1) is 25.2 Å². The Hall–Kier alpha value is -2.65. The van der Waals surface area contributed by atoms with E-state index in [2.05, 4.69) is 0 Å². The molecule has 0 radical (unpaired) electrons. The molecule has 0 N–H and O–H groups in total. The first-order valence-corrected chi connectivity index (χ1v) is 12.0. The maximum Gasteiger partial charge on any atom is 0.354 e. The Labute approximate surface area is 190 Å². The molecule has 0 fully saturated rings. The Morgan fingerprint density at radius 1 is 1.09 bits per heavy atom. The zero-order valence-corrected chi connectivity index (χ0v) is 20.6. The quantitative estimate of drug-likeness (QED) is 0.394. The number of rotatable bonds is 10. The van der Waals surface area contributed by atoms with E-state index in [1.807, 2.05) is 13.8 Å². The van der Waals surface area contributed by atoms with Crippen LogP contribution >= 0.6 is 0 Å². The maximum absolute atomic E-state index is 13.6. The molecule has 176 valence electrons. The van der Waals surface area contributed by atoms with Crippen molar-refractivity contribution in [3.8, 4) is 5.75 Å². The van der Waals surface area contributed by atoms with Gasteiger partial charge in [0.2, 0.25) is 10.0 Å². The molecule has 0 spiro atoms. The van der Waals surface area contributed by atoms with E-state index in [9.17, 15) is 18.0 Å². The van der Waals surface area contributed by atoms with E-state index < -0.39 is 22.0 Å². The predicted octanol–water partition coefficient (Wildman–Crippen LogP) is 3.59. The van der Waals surface area contributed by atoms with Gasteiger partial charge in [-0.2, -0.15) is 4.31 Å². The number of hydrogen-bond donors (Lipinski definition) is 0. The van der Waals surface area contributed by atoms with Crippen LogP contribution in [0.25, 0.3) is 0 Å². The van der Waals surface area contributed by atoms with Crippen LogP contribution < -0.4 is 4.74 Å². The monoisotopic (exact) mass is 464 g/mol. The lowest BCUT2D eigenvalue weighted by atomic mass is 10.0. The summed E-state index contributed by atoms with van der Waals surface area (Å²) in [6.07, 6.45) is 0.536. The number of hydrogen-bond acceptors (Lipinski definition) is 6. The summed E-state index contributed by atoms with van der Waals surface area (Å²) in [5.41, 5.74) is 1.76. The minimum absolute atomic E-state index is 0.0845. The Morgan fingerprint density at radius 2 is 1.69 bits per heavy atom. The van der Waals surface area contributed by atoms with Gasteiger partial charge in [-0.25, -0.2) is 13.2 Å². The van der Waals surface area contributed by atoms with Gasteiger partial charge < -0.3 is 14.0 Å². The van der Waals surface area contributed by atoms with Crippen LogP contribution in [0.3, 0.4) is 0 Å². The summed E-state index contributed by atoms with van der Waals surface area (Å²) in [6, 6.07) is 5.11. The molecule has 0 saturated carbocycles. The lowest BCUT2D eigenvalue weighted by molar-refractivity contribution is 0.0587. The molecule has 8 nitrogen and oxygen atoms in total. The molecular formula is C23H32N2O6S. The average Bonchev–Trinajstić information content (AvgIpc) is 3.04. The van der Waals surface area contributed by atoms with E-state index in [1.54, 1.807) is 37.5 Å². The van der Waals surface area contributed by atoms with E-state index in [0.29, 0.717) is 41.2 Å². The number of sulfonamides is 1. The van der Waals surface area contributed by atoms with Gasteiger partial charge in [0.15, 0.2) is 5.78 Å². The standard InChI is InChI=1S/C23H32N2O6S/c1-8-14-25(32(28,29)19-12-10-18(30-6)11-13-19)17(5)22(26)20-15(3)21(23(27)31-7)24(9-2)16(20)4/h10-13,17H,8-9,14H2,1-7H3. The van der Waals surface area contributed by atoms with Gasteiger partial charge in [0.1, 0.15) is 11.4 Å². The van der Waals surface area contributed by atoms with E-state index in [-0.39, 0.29) is 17.2 Å². The number of benzene rings is 1. The topological polar surface area (TPSA) is 94.9 Å². The van der Waals surface area contributed by atoms with Crippen molar-refractivity contribution >= 4 is 21.8 Å². The average molecular weight is 465 g/mol. The number of esters is 1. The fourth-order valence-electron chi connectivity index (χ4n) is 3.98. The second-order valence-corrected chi connectivity index (χ2v) is 9.39. The molecule has 1 aromatic heterocycles. The third kappa shape index (κ3) is 4.59. The fourth-order valence-corrected chi connectivity index (χ4v) is 5.66. The van der Waals surface area contributed by atoms with Crippen molar-refractivity contribution in [2.75, 3.05) is 20.8 Å². The summed E-state index contributed by atoms with van der Waals surface area (Å²) in [5, 5.41) is 0. The molecule has 9 heteroatoms. The lowest BCUT2D eigenvalue weighted by Gasteiger charge is -2.27. The fraction of sp³-hybridized carbons (Fsp3) is 0.478. The molecular weight excluding hydrogens is 432 g/mol. The van der Waals surface area contributed by atoms with Gasteiger partial charge in [0, 0.05) is 24.3 Å². The third-order valence-electron chi connectivity index (χ3n) is 5.63. The molecule has 32 heavy (non-hydrogen) atoms. The van der Waals surface area contributed by atoms with Crippen molar-refractivity contribution in [1.29, 1.82) is 0 Å². The molecule has 0 bridgehead atoms. The normalized spacial score (nSPS) is 12.6. The van der Waals surface area contributed by atoms with Crippen LogP contribution in [0.2, 0.25) is 0 Å². The van der Waals surface area contributed by atoms with E-state index in [4.69, 9.17) is 9.47 Å². The molecule has 1 unspecified atom stereocenters. The molecule has 2 rings (SSSR count). The Kier molecular flexibility index (Phi) is 8.25. The Balaban J connectivity index is 2.55. The van der Waals surface area contributed by atoms with Gasteiger partial charge in [-0.15, -0.1) is 0 Å². The SMILES string of the molecule is CCCN(C(C)C(=O)c1c(C)c(C(=O)OC)n(CC)c1C)S(=O)(=O)c1ccc(OC)cc1. The van der Waals surface area contributed by atoms with Crippen molar-refractivity contribution < 1.29 is 27.5 Å². The predicted molar refractivity (Wildman–Crippen MR) is 122 cm³/mol. The smallest absolute Gasteiger partial charge is 0.354 e. The number of Topliss-reactive ketones (excluding diaryl/α,β-unsaturated/α-hetero) is 1. The number of aromatic nitrogens is 1. The second kappa shape index (κ2) is 10.3. The number of methoxy groups -OCH3 is 2. The lowest BCUT2D eigenvalue weighted by Crippen LogP contribution is -2.44. The summed E-state index contributed by atoms with van der Waals surface area (Å²) in [6.45, 7) is 9.40. The number of ketones is 1. The maximum atomic E-state index is 13.6. The molecule has 1 aromatic carbocycles. The van der Waals surface area contributed by atoms with Crippen molar-refractivity contribution in [2.45, 2.75) is 58.5 Å². The summed E-state index contributed by atoms with van der Waals surface area (Å²) in [7, 11) is -1.14. The van der Waals surface area contributed by atoms with Crippen LogP contribution in [-0.4, -0.2) is 55.8 Å². The highest BCUT2D eigenvalue weighted by Gasteiger charge is 2.36. The molecule has 0 saturated heterocycles. The van der Waals surface area contributed by atoms with Crippen LogP contribution in [0.5, 0.6) is 5.75 Å². The molecule has 0 amide bonds. The van der Waals surface area contributed by atoms with E-state index in [0.717, 1.165) is 0 Å². The van der Waals surface area contributed by atoms with Gasteiger partial charge in [-0.3, -0.25) is 4.79 Å². The van der Waals surface area contributed by atoms with Gasteiger partial charge >= 0.3 is 5.97 Å². The molecule has 0 aliphatic carbocycles. The molecule has 2 aromatic rings. The minimum atomic E-state index is -3.94. The highest BCUT2D eigenvalue weighted by molar-refractivity contribution is 7.89. The van der Waals surface area contributed by atoms with Gasteiger partial charge in [0.25, 0.3) is 0 Å². The highest BCUT2D eigenvalue weighted by Crippen LogP contribution is 2.28. The van der Waals surface area contributed by atoms with Gasteiger partial charge in [-0.1, -0.05) is 6.92 Å². The largest absolute Gasteiger partial charge is 0.497 e. The Morgan fingerprint density at radius 3 is 2.16 bits per heavy atom. The number of nitrogens with zero attached hydrogens (tertiary/aromatic N) is 2. The number of carbonyl (C=O) groups excluding carboxylic acids is 2. The molecule has 1 heterocycles. The van der Waals surface area contributed by atoms with Crippen LogP contribution in [0.1, 0.15) is 59.3 Å². The van der Waals surface area contributed by atoms with Crippen LogP contribution in [-0.2, 0) is 21.3 Å². The van der Waals surface area contributed by atoms with E-state index >= 15 is 0 Å². The second-order valence-electron chi connectivity index (χ2n) is 7.50. The number of ether oxygens (including phenoxy) is 2. The summed E-state index contributed by atoms with van der Waals surface area (Å²) >= 11 is 0.